The van der Waals surface area contributed by atoms with Crippen LogP contribution in [-0.4, -0.2) is 42.2 Å². The first-order valence-electron chi connectivity index (χ1n) is 10.1. The van der Waals surface area contributed by atoms with Gasteiger partial charge in [0.1, 0.15) is 17.8 Å². The number of amidine groups is 1. The number of aromatic nitrogens is 4. The molecule has 1 amide bonds. The number of carbonyl (C=O) groups excluding carboxylic acids is 1. The maximum atomic E-state index is 12.9. The number of hydrogen-bond donors (Lipinski definition) is 3. The molecule has 1 aliphatic carbocycles. The molecule has 1 aliphatic heterocycles. The number of aliphatic hydroxyl groups excluding tert-OH is 1. The van der Waals surface area contributed by atoms with Crippen molar-refractivity contribution in [2.75, 3.05) is 0 Å². The van der Waals surface area contributed by atoms with Gasteiger partial charge in [-0.1, -0.05) is 30.3 Å². The van der Waals surface area contributed by atoms with Crippen molar-refractivity contribution in [3.63, 3.8) is 0 Å². The molecule has 3 aromatic rings. The summed E-state index contributed by atoms with van der Waals surface area (Å²) in [4.78, 5) is 22.1. The highest BCUT2D eigenvalue weighted by Gasteiger charge is 2.29. The SMILES string of the molecule is Cn1ncc(C(O)NC2CC2)c1C(=O)NC1=Nc2nc(-c3ccccc3)cn2CC1. The molecule has 30 heavy (non-hydrogen) atoms. The predicted molar refractivity (Wildman–Crippen MR) is 111 cm³/mol. The topological polar surface area (TPSA) is 109 Å². The van der Waals surface area contributed by atoms with Crippen LogP contribution >= 0.6 is 0 Å². The quantitative estimate of drug-likeness (QED) is 0.562. The number of aliphatic hydroxyl groups is 1. The monoisotopic (exact) mass is 405 g/mol. The lowest BCUT2D eigenvalue weighted by atomic mass is 10.2. The number of rotatable bonds is 5. The third kappa shape index (κ3) is 3.64. The highest BCUT2D eigenvalue weighted by Crippen LogP contribution is 2.26. The Kier molecular flexibility index (Phi) is 4.68. The molecule has 1 aromatic carbocycles. The minimum atomic E-state index is -0.924. The smallest absolute Gasteiger partial charge is 0.275 e. The number of nitrogens with one attached hydrogen (secondary N) is 2. The van der Waals surface area contributed by atoms with E-state index in [1.165, 1.54) is 10.9 Å². The summed E-state index contributed by atoms with van der Waals surface area (Å²) in [6, 6.07) is 10.2. The van der Waals surface area contributed by atoms with Gasteiger partial charge in [-0.25, -0.2) is 4.98 Å². The fourth-order valence-electron chi connectivity index (χ4n) is 3.59. The number of imidazole rings is 1. The molecule has 0 bridgehead atoms. The van der Waals surface area contributed by atoms with Gasteiger partial charge >= 0.3 is 0 Å². The summed E-state index contributed by atoms with van der Waals surface area (Å²) in [6.45, 7) is 0.679. The lowest BCUT2D eigenvalue weighted by Crippen LogP contribution is -2.35. The fourth-order valence-corrected chi connectivity index (χ4v) is 3.59. The van der Waals surface area contributed by atoms with E-state index in [4.69, 9.17) is 0 Å². The van der Waals surface area contributed by atoms with Crippen molar-refractivity contribution in [1.82, 2.24) is 30.0 Å². The van der Waals surface area contributed by atoms with Crippen LogP contribution < -0.4 is 10.6 Å². The van der Waals surface area contributed by atoms with Crippen molar-refractivity contribution < 1.29 is 9.90 Å². The van der Waals surface area contributed by atoms with Crippen molar-refractivity contribution in [2.45, 2.75) is 38.1 Å². The van der Waals surface area contributed by atoms with Crippen LogP contribution in [0.15, 0.2) is 47.7 Å². The second-order valence-electron chi connectivity index (χ2n) is 7.66. The molecule has 9 nitrogen and oxygen atoms in total. The summed E-state index contributed by atoms with van der Waals surface area (Å²) in [5.74, 6) is 0.772. The number of fused-ring (bicyclic) bond motifs is 1. The molecule has 3 N–H and O–H groups in total. The van der Waals surface area contributed by atoms with Gasteiger partial charge < -0.3 is 15.0 Å². The number of amides is 1. The Morgan fingerprint density at radius 3 is 2.83 bits per heavy atom. The van der Waals surface area contributed by atoms with Gasteiger partial charge in [-0.2, -0.15) is 10.1 Å². The molecule has 0 radical (unpaired) electrons. The Morgan fingerprint density at radius 1 is 1.27 bits per heavy atom. The van der Waals surface area contributed by atoms with Crippen LogP contribution in [0.1, 0.15) is 41.5 Å². The predicted octanol–water partition coefficient (Wildman–Crippen LogP) is 1.89. The second kappa shape index (κ2) is 7.51. The summed E-state index contributed by atoms with van der Waals surface area (Å²) in [5.41, 5.74) is 2.66. The summed E-state index contributed by atoms with van der Waals surface area (Å²) in [5, 5.41) is 20.6. The first kappa shape index (κ1) is 18.7. The molecule has 1 saturated carbocycles. The Bertz CT molecular complexity index is 1110. The molecule has 3 heterocycles. The van der Waals surface area contributed by atoms with Crippen LogP contribution in [0.4, 0.5) is 5.95 Å². The number of carbonyl (C=O) groups is 1. The molecule has 2 aliphatic rings. The van der Waals surface area contributed by atoms with Gasteiger partial charge in [0.2, 0.25) is 5.95 Å². The summed E-state index contributed by atoms with van der Waals surface area (Å²) in [7, 11) is 1.68. The van der Waals surface area contributed by atoms with E-state index in [1.807, 2.05) is 41.1 Å². The van der Waals surface area contributed by atoms with Crippen molar-refractivity contribution in [3.8, 4) is 11.3 Å². The molecule has 1 unspecified atom stereocenters. The summed E-state index contributed by atoms with van der Waals surface area (Å²) in [6.07, 6.45) is 5.23. The van der Waals surface area contributed by atoms with Crippen LogP contribution in [0.25, 0.3) is 11.3 Å². The number of aliphatic imine (C=N–C) groups is 1. The van der Waals surface area contributed by atoms with Crippen molar-refractivity contribution in [3.05, 3.63) is 54.0 Å². The van der Waals surface area contributed by atoms with Gasteiger partial charge in [-0.15, -0.1) is 0 Å². The van der Waals surface area contributed by atoms with Gasteiger partial charge in [-0.05, 0) is 12.8 Å². The maximum absolute atomic E-state index is 12.9. The molecule has 1 fully saturated rings. The Balaban J connectivity index is 1.35. The molecule has 1 atom stereocenters. The highest BCUT2D eigenvalue weighted by molar-refractivity contribution is 6.07. The normalized spacial score (nSPS) is 16.7. The molecule has 0 saturated heterocycles. The zero-order chi connectivity index (χ0) is 20.7. The first-order chi connectivity index (χ1) is 14.6. The van der Waals surface area contributed by atoms with E-state index >= 15 is 0 Å². The summed E-state index contributed by atoms with van der Waals surface area (Å²) >= 11 is 0. The van der Waals surface area contributed by atoms with E-state index in [9.17, 15) is 9.90 Å². The van der Waals surface area contributed by atoms with Crippen LogP contribution in [0.2, 0.25) is 0 Å². The zero-order valence-corrected chi connectivity index (χ0v) is 16.6. The lowest BCUT2D eigenvalue weighted by Gasteiger charge is -2.16. The molecule has 9 heteroatoms. The van der Waals surface area contributed by atoms with E-state index in [-0.39, 0.29) is 5.91 Å². The van der Waals surface area contributed by atoms with E-state index in [0.29, 0.717) is 42.0 Å². The Labute approximate surface area is 173 Å². The molecular formula is C21H23N7O2. The van der Waals surface area contributed by atoms with Crippen molar-refractivity contribution in [1.29, 1.82) is 0 Å². The van der Waals surface area contributed by atoms with Crippen molar-refractivity contribution in [2.24, 2.45) is 12.0 Å². The maximum Gasteiger partial charge on any atom is 0.275 e. The van der Waals surface area contributed by atoms with Gasteiger partial charge in [-0.3, -0.25) is 14.8 Å². The van der Waals surface area contributed by atoms with Gasteiger partial charge in [0.05, 0.1) is 11.9 Å². The van der Waals surface area contributed by atoms with Gasteiger partial charge in [0, 0.05) is 43.4 Å². The van der Waals surface area contributed by atoms with E-state index < -0.39 is 6.23 Å². The Morgan fingerprint density at radius 2 is 2.07 bits per heavy atom. The number of aryl methyl sites for hydroxylation is 2. The standard InChI is InChI=1S/C21H23N7O2/c1-27-18(15(11-22-27)19(29)23-14-7-8-14)20(30)25-17-9-10-28-12-16(24-21(28)26-17)13-5-3-2-4-6-13/h2-6,11-12,14,19,23,29H,7-10H2,1H3,(H,24,25,26,30). The number of nitrogens with zero attached hydrogens (tertiary/aromatic N) is 5. The third-order valence-corrected chi connectivity index (χ3v) is 5.35. The average Bonchev–Trinajstić information content (AvgIpc) is 3.31. The number of benzene rings is 1. The van der Waals surface area contributed by atoms with Gasteiger partial charge in [0.15, 0.2) is 0 Å². The Hall–Kier alpha value is -3.30. The lowest BCUT2D eigenvalue weighted by molar-refractivity contribution is 0.0950. The van der Waals surface area contributed by atoms with Crippen LogP contribution in [-0.2, 0) is 13.6 Å². The second-order valence-corrected chi connectivity index (χ2v) is 7.66. The van der Waals surface area contributed by atoms with Crippen LogP contribution in [0, 0.1) is 0 Å². The van der Waals surface area contributed by atoms with Crippen molar-refractivity contribution >= 4 is 17.7 Å². The minimum Gasteiger partial charge on any atom is -0.374 e. The summed E-state index contributed by atoms with van der Waals surface area (Å²) < 4.78 is 3.46. The highest BCUT2D eigenvalue weighted by atomic mass is 16.3. The van der Waals surface area contributed by atoms with Crippen LogP contribution in [0.5, 0.6) is 0 Å². The molecular weight excluding hydrogens is 382 g/mol. The molecule has 5 rings (SSSR count). The third-order valence-electron chi connectivity index (χ3n) is 5.35. The van der Waals surface area contributed by atoms with Gasteiger partial charge in [0.25, 0.3) is 5.91 Å². The molecule has 2 aromatic heterocycles. The number of hydrogen-bond acceptors (Lipinski definition) is 6. The zero-order valence-electron chi connectivity index (χ0n) is 16.6. The molecule has 0 spiro atoms. The minimum absolute atomic E-state index is 0.302. The molecule has 154 valence electrons. The van der Waals surface area contributed by atoms with E-state index in [0.717, 1.165) is 24.1 Å². The average molecular weight is 405 g/mol. The van der Waals surface area contributed by atoms with E-state index in [2.05, 4.69) is 25.7 Å². The van der Waals surface area contributed by atoms with Crippen LogP contribution in [0.3, 0.4) is 0 Å². The fraction of sp³-hybridized carbons (Fsp3) is 0.333. The van der Waals surface area contributed by atoms with E-state index in [1.54, 1.807) is 7.05 Å². The first-order valence-corrected chi connectivity index (χ1v) is 10.1. The largest absolute Gasteiger partial charge is 0.374 e.